The highest BCUT2D eigenvalue weighted by atomic mass is 16.3. The fourth-order valence-electron chi connectivity index (χ4n) is 4.64. The van der Waals surface area contributed by atoms with E-state index in [0.717, 1.165) is 50.7 Å². The van der Waals surface area contributed by atoms with Crippen LogP contribution in [0.2, 0.25) is 0 Å². The van der Waals surface area contributed by atoms with E-state index in [1.807, 2.05) is 66.7 Å². The minimum atomic E-state index is -0.762. The molecule has 1 aliphatic carbocycles. The number of pyridine rings is 2. The molecule has 1 aliphatic rings. The number of benzene rings is 3. The predicted molar refractivity (Wildman–Crippen MR) is 132 cm³/mol. The lowest BCUT2D eigenvalue weighted by Gasteiger charge is -2.28. The van der Waals surface area contributed by atoms with Gasteiger partial charge in [-0.1, -0.05) is 60.7 Å². The van der Waals surface area contributed by atoms with Crippen LogP contribution in [-0.4, -0.2) is 15.1 Å². The molecule has 158 valence electrons. The lowest BCUT2D eigenvalue weighted by molar-refractivity contribution is 0.225. The van der Waals surface area contributed by atoms with E-state index in [1.165, 1.54) is 0 Å². The van der Waals surface area contributed by atoms with Crippen molar-refractivity contribution in [3.8, 4) is 22.5 Å². The van der Waals surface area contributed by atoms with Crippen molar-refractivity contribution in [3.05, 3.63) is 127 Å². The summed E-state index contributed by atoms with van der Waals surface area (Å²) in [5.74, 6) is 0. The highest BCUT2D eigenvalue weighted by Crippen LogP contribution is 2.48. The number of rotatable bonds is 4. The molecule has 0 radical (unpaired) electrons. The van der Waals surface area contributed by atoms with Gasteiger partial charge >= 0.3 is 0 Å². The largest absolute Gasteiger partial charge is 0.383 e. The average Bonchev–Trinajstić information content (AvgIpc) is 3.18. The van der Waals surface area contributed by atoms with Gasteiger partial charge in [-0.05, 0) is 48.0 Å². The van der Waals surface area contributed by atoms with Crippen molar-refractivity contribution in [3.63, 3.8) is 0 Å². The van der Waals surface area contributed by atoms with Crippen LogP contribution in [0.5, 0.6) is 0 Å². The first-order chi connectivity index (χ1) is 16.3. The van der Waals surface area contributed by atoms with Gasteiger partial charge in [0.1, 0.15) is 6.10 Å². The molecule has 6 rings (SSSR count). The van der Waals surface area contributed by atoms with Crippen molar-refractivity contribution in [1.82, 2.24) is 9.97 Å². The summed E-state index contributed by atoms with van der Waals surface area (Å²) in [6.45, 7) is 0. The van der Waals surface area contributed by atoms with Gasteiger partial charge in [0, 0.05) is 40.5 Å². The molecule has 2 heterocycles. The maximum atomic E-state index is 11.2. The number of aliphatic hydroxyl groups excluding tert-OH is 1. The number of aliphatic hydroxyl groups is 1. The Bertz CT molecular complexity index is 1390. The number of aromatic nitrogens is 2. The molecule has 0 aliphatic heterocycles. The number of fused-ring (bicyclic) bond motifs is 3. The minimum absolute atomic E-state index is 0.747. The Labute approximate surface area is 192 Å². The molecule has 5 aromatic rings. The number of hydrogen-bond acceptors (Lipinski definition) is 4. The van der Waals surface area contributed by atoms with Crippen LogP contribution in [0.25, 0.3) is 22.5 Å². The number of anilines is 3. The van der Waals surface area contributed by atoms with Crippen LogP contribution in [-0.2, 0) is 0 Å². The van der Waals surface area contributed by atoms with Crippen molar-refractivity contribution in [2.45, 2.75) is 6.10 Å². The van der Waals surface area contributed by atoms with Crippen LogP contribution < -0.4 is 4.90 Å². The summed E-state index contributed by atoms with van der Waals surface area (Å²) in [4.78, 5) is 11.3. The van der Waals surface area contributed by atoms with Crippen LogP contribution in [0.1, 0.15) is 17.2 Å². The van der Waals surface area contributed by atoms with Gasteiger partial charge in [-0.3, -0.25) is 9.97 Å². The summed E-state index contributed by atoms with van der Waals surface area (Å²) in [5, 5.41) is 11.2. The van der Waals surface area contributed by atoms with Gasteiger partial charge in [0.25, 0.3) is 0 Å². The van der Waals surface area contributed by atoms with Crippen LogP contribution in [0.3, 0.4) is 0 Å². The summed E-state index contributed by atoms with van der Waals surface area (Å²) < 4.78 is 0. The first-order valence-corrected chi connectivity index (χ1v) is 10.9. The van der Waals surface area contributed by atoms with Crippen LogP contribution in [0.4, 0.5) is 17.1 Å². The van der Waals surface area contributed by atoms with Gasteiger partial charge in [-0.15, -0.1) is 0 Å². The lowest BCUT2D eigenvalue weighted by Crippen LogP contribution is -2.11. The highest BCUT2D eigenvalue weighted by Gasteiger charge is 2.32. The van der Waals surface area contributed by atoms with Crippen molar-refractivity contribution in [2.75, 3.05) is 4.90 Å². The molecule has 0 saturated carbocycles. The first kappa shape index (κ1) is 19.4. The SMILES string of the molecule is OC1c2cccnc2-c2nccc(-c3ccccc3N(c3ccccc3)c3ccccc3)c21. The van der Waals surface area contributed by atoms with E-state index in [9.17, 15) is 5.11 Å². The average molecular weight is 428 g/mol. The minimum Gasteiger partial charge on any atom is -0.383 e. The summed E-state index contributed by atoms with van der Waals surface area (Å²) in [6, 6.07) is 34.7. The monoisotopic (exact) mass is 427 g/mol. The van der Waals surface area contributed by atoms with Crippen molar-refractivity contribution in [2.24, 2.45) is 0 Å². The molecule has 0 amide bonds. The fraction of sp³-hybridized carbons (Fsp3) is 0.0345. The molecule has 2 aromatic heterocycles. The maximum Gasteiger partial charge on any atom is 0.109 e. The van der Waals surface area contributed by atoms with Crippen LogP contribution >= 0.6 is 0 Å². The molecule has 4 nitrogen and oxygen atoms in total. The van der Waals surface area contributed by atoms with E-state index in [0.29, 0.717) is 0 Å². The van der Waals surface area contributed by atoms with Gasteiger partial charge in [-0.25, -0.2) is 0 Å². The Morgan fingerprint density at radius 1 is 0.576 bits per heavy atom. The highest BCUT2D eigenvalue weighted by molar-refractivity contribution is 5.91. The summed E-state index contributed by atoms with van der Waals surface area (Å²) >= 11 is 0. The van der Waals surface area contributed by atoms with E-state index in [-0.39, 0.29) is 0 Å². The molecule has 0 saturated heterocycles. The molecular weight excluding hydrogens is 406 g/mol. The molecule has 0 spiro atoms. The third kappa shape index (κ3) is 3.20. The van der Waals surface area contributed by atoms with E-state index in [1.54, 1.807) is 12.4 Å². The molecule has 0 fully saturated rings. The molecule has 3 aromatic carbocycles. The van der Waals surface area contributed by atoms with Crippen LogP contribution in [0, 0.1) is 0 Å². The first-order valence-electron chi connectivity index (χ1n) is 10.9. The van der Waals surface area contributed by atoms with Crippen molar-refractivity contribution < 1.29 is 5.11 Å². The molecule has 33 heavy (non-hydrogen) atoms. The Balaban J connectivity index is 1.59. The molecule has 4 heteroatoms. The quantitative estimate of drug-likeness (QED) is 0.348. The normalized spacial score (nSPS) is 13.9. The second kappa shape index (κ2) is 8.01. The zero-order valence-corrected chi connectivity index (χ0v) is 17.8. The van der Waals surface area contributed by atoms with E-state index < -0.39 is 6.10 Å². The van der Waals surface area contributed by atoms with Crippen molar-refractivity contribution >= 4 is 17.1 Å². The zero-order valence-electron chi connectivity index (χ0n) is 17.8. The van der Waals surface area contributed by atoms with Gasteiger partial charge in [0.2, 0.25) is 0 Å². The number of para-hydroxylation sites is 3. The van der Waals surface area contributed by atoms with Crippen LogP contribution in [0.15, 0.2) is 116 Å². The van der Waals surface area contributed by atoms with E-state index in [2.05, 4.69) is 51.3 Å². The number of nitrogens with zero attached hydrogens (tertiary/aromatic N) is 3. The third-order valence-electron chi connectivity index (χ3n) is 6.09. The van der Waals surface area contributed by atoms with E-state index >= 15 is 0 Å². The topological polar surface area (TPSA) is 49.3 Å². The molecule has 0 bridgehead atoms. The van der Waals surface area contributed by atoms with Gasteiger partial charge < -0.3 is 10.0 Å². The Kier molecular flexibility index (Phi) is 4.71. The maximum absolute atomic E-state index is 11.2. The molecular formula is C29H21N3O. The van der Waals surface area contributed by atoms with E-state index in [4.69, 9.17) is 0 Å². The van der Waals surface area contributed by atoms with Gasteiger partial charge in [0.05, 0.1) is 17.1 Å². The number of hydrogen-bond donors (Lipinski definition) is 1. The Hall–Kier alpha value is -4.28. The van der Waals surface area contributed by atoms with Gasteiger partial charge in [-0.2, -0.15) is 0 Å². The Morgan fingerprint density at radius 3 is 1.94 bits per heavy atom. The fourth-order valence-corrected chi connectivity index (χ4v) is 4.64. The predicted octanol–water partition coefficient (Wildman–Crippen LogP) is 6.68. The third-order valence-corrected chi connectivity index (χ3v) is 6.09. The summed E-state index contributed by atoms with van der Waals surface area (Å²) in [6.07, 6.45) is 2.79. The zero-order chi connectivity index (χ0) is 22.2. The second-order valence-corrected chi connectivity index (χ2v) is 7.99. The van der Waals surface area contributed by atoms with Gasteiger partial charge in [0.15, 0.2) is 0 Å². The Morgan fingerprint density at radius 2 is 1.21 bits per heavy atom. The smallest absolute Gasteiger partial charge is 0.109 e. The molecule has 1 N–H and O–H groups in total. The summed E-state index contributed by atoms with van der Waals surface area (Å²) in [7, 11) is 0. The lowest BCUT2D eigenvalue weighted by atomic mass is 9.95. The standard InChI is InChI=1S/C29H21N3O/c33-29-24-15-9-18-30-27(24)28-26(29)23(17-19-31-28)22-14-7-8-16-25(22)32(20-10-3-1-4-11-20)21-12-5-2-6-13-21/h1-19,29,33H. The molecule has 1 unspecified atom stereocenters. The van der Waals surface area contributed by atoms with Crippen molar-refractivity contribution in [1.29, 1.82) is 0 Å². The second-order valence-electron chi connectivity index (χ2n) is 7.99. The summed E-state index contributed by atoms with van der Waals surface area (Å²) in [5.41, 5.74) is 8.24. The molecule has 1 atom stereocenters.